The highest BCUT2D eigenvalue weighted by molar-refractivity contribution is 8.13. The van der Waals surface area contributed by atoms with Gasteiger partial charge in [0.15, 0.2) is 0 Å². The standard InChI is InChI=1S/C9H10ClFO2S/c1-6-3-8(5-14(10,12)13)4-9(11)7(6)2/h3-4H,5H2,1-2H3. The third kappa shape index (κ3) is 2.96. The molecule has 0 atom stereocenters. The van der Waals surface area contributed by atoms with Gasteiger partial charge >= 0.3 is 0 Å². The Balaban J connectivity index is 3.14. The number of benzene rings is 1. The van der Waals surface area contributed by atoms with E-state index in [0.717, 1.165) is 5.56 Å². The van der Waals surface area contributed by atoms with Crippen LogP contribution in [-0.2, 0) is 14.8 Å². The Morgan fingerprint density at radius 2 is 1.93 bits per heavy atom. The minimum Gasteiger partial charge on any atom is -0.212 e. The first-order valence-electron chi connectivity index (χ1n) is 3.97. The fraction of sp³-hybridized carbons (Fsp3) is 0.333. The predicted molar refractivity (Wildman–Crippen MR) is 54.4 cm³/mol. The summed E-state index contributed by atoms with van der Waals surface area (Å²) in [4.78, 5) is 0. The van der Waals surface area contributed by atoms with Crippen LogP contribution in [0.3, 0.4) is 0 Å². The summed E-state index contributed by atoms with van der Waals surface area (Å²) in [5.74, 6) is -0.743. The van der Waals surface area contributed by atoms with Crippen LogP contribution in [0, 0.1) is 19.7 Å². The van der Waals surface area contributed by atoms with Crippen molar-refractivity contribution >= 4 is 19.7 Å². The highest BCUT2D eigenvalue weighted by Crippen LogP contribution is 2.17. The van der Waals surface area contributed by atoms with Crippen LogP contribution in [0.1, 0.15) is 16.7 Å². The van der Waals surface area contributed by atoms with Crippen molar-refractivity contribution in [2.45, 2.75) is 19.6 Å². The van der Waals surface area contributed by atoms with Gasteiger partial charge < -0.3 is 0 Å². The molecule has 78 valence electrons. The minimum absolute atomic E-state index is 0.341. The molecular formula is C9H10ClFO2S. The zero-order valence-electron chi connectivity index (χ0n) is 7.84. The van der Waals surface area contributed by atoms with Crippen molar-refractivity contribution in [2.75, 3.05) is 0 Å². The molecule has 0 unspecified atom stereocenters. The van der Waals surface area contributed by atoms with Gasteiger partial charge in [-0.3, -0.25) is 0 Å². The Hall–Kier alpha value is -0.610. The third-order valence-corrected chi connectivity index (χ3v) is 3.01. The van der Waals surface area contributed by atoms with E-state index in [9.17, 15) is 12.8 Å². The van der Waals surface area contributed by atoms with Gasteiger partial charge in [-0.25, -0.2) is 12.8 Å². The Morgan fingerprint density at radius 3 is 2.36 bits per heavy atom. The summed E-state index contributed by atoms with van der Waals surface area (Å²) in [6.07, 6.45) is 0. The lowest BCUT2D eigenvalue weighted by Gasteiger charge is -2.05. The molecule has 0 amide bonds. The van der Waals surface area contributed by atoms with Gasteiger partial charge in [0.05, 0.1) is 5.75 Å². The van der Waals surface area contributed by atoms with Crippen molar-refractivity contribution in [3.8, 4) is 0 Å². The molecule has 0 aliphatic carbocycles. The summed E-state index contributed by atoms with van der Waals surface area (Å²) in [6.45, 7) is 3.37. The molecule has 1 aromatic carbocycles. The molecule has 0 aromatic heterocycles. The van der Waals surface area contributed by atoms with Gasteiger partial charge in [0.1, 0.15) is 5.82 Å². The van der Waals surface area contributed by atoms with Crippen LogP contribution in [0.4, 0.5) is 4.39 Å². The predicted octanol–water partition coefficient (Wildman–Crippen LogP) is 2.51. The molecule has 1 rings (SSSR count). The summed E-state index contributed by atoms with van der Waals surface area (Å²) >= 11 is 0. The summed E-state index contributed by atoms with van der Waals surface area (Å²) in [7, 11) is 1.44. The second-order valence-electron chi connectivity index (χ2n) is 3.20. The van der Waals surface area contributed by atoms with Gasteiger partial charge in [0, 0.05) is 10.7 Å². The van der Waals surface area contributed by atoms with Gasteiger partial charge in [-0.15, -0.1) is 0 Å². The molecule has 14 heavy (non-hydrogen) atoms. The molecular weight excluding hydrogens is 227 g/mol. The van der Waals surface area contributed by atoms with E-state index in [2.05, 4.69) is 0 Å². The fourth-order valence-electron chi connectivity index (χ4n) is 1.17. The molecule has 1 aromatic rings. The Morgan fingerprint density at radius 1 is 1.36 bits per heavy atom. The third-order valence-electron chi connectivity index (χ3n) is 2.00. The molecule has 0 radical (unpaired) electrons. The molecule has 2 nitrogen and oxygen atoms in total. The molecule has 0 spiro atoms. The normalized spacial score (nSPS) is 11.7. The average molecular weight is 237 g/mol. The van der Waals surface area contributed by atoms with Crippen molar-refractivity contribution in [1.82, 2.24) is 0 Å². The molecule has 0 saturated carbocycles. The van der Waals surface area contributed by atoms with Gasteiger partial charge in [-0.1, -0.05) is 6.07 Å². The first kappa shape index (κ1) is 11.5. The van der Waals surface area contributed by atoms with Crippen LogP contribution in [0.25, 0.3) is 0 Å². The lowest BCUT2D eigenvalue weighted by Crippen LogP contribution is -1.98. The topological polar surface area (TPSA) is 34.1 Å². The molecule has 0 saturated heterocycles. The van der Waals surface area contributed by atoms with Crippen LogP contribution in [0.5, 0.6) is 0 Å². The Bertz CT molecular complexity index is 431. The van der Waals surface area contributed by atoms with E-state index >= 15 is 0 Å². The Labute approximate surface area is 87.1 Å². The van der Waals surface area contributed by atoms with Gasteiger partial charge in [-0.05, 0) is 36.6 Å². The second kappa shape index (κ2) is 3.87. The zero-order chi connectivity index (χ0) is 10.9. The molecule has 0 N–H and O–H groups in total. The van der Waals surface area contributed by atoms with Crippen molar-refractivity contribution < 1.29 is 12.8 Å². The van der Waals surface area contributed by atoms with Crippen molar-refractivity contribution in [3.63, 3.8) is 0 Å². The van der Waals surface area contributed by atoms with E-state index in [4.69, 9.17) is 10.7 Å². The Kier molecular flexibility index (Phi) is 3.17. The summed E-state index contributed by atoms with van der Waals surface area (Å²) in [5, 5.41) is 0. The lowest BCUT2D eigenvalue weighted by molar-refractivity contribution is 0.606. The van der Waals surface area contributed by atoms with E-state index in [0.29, 0.717) is 11.1 Å². The van der Waals surface area contributed by atoms with Crippen molar-refractivity contribution in [1.29, 1.82) is 0 Å². The summed E-state index contributed by atoms with van der Waals surface area (Å²) in [5.41, 5.74) is 1.63. The van der Waals surface area contributed by atoms with Crippen molar-refractivity contribution in [2.24, 2.45) is 0 Å². The quantitative estimate of drug-likeness (QED) is 0.740. The van der Waals surface area contributed by atoms with Crippen molar-refractivity contribution in [3.05, 3.63) is 34.6 Å². The van der Waals surface area contributed by atoms with Gasteiger partial charge in [0.25, 0.3) is 0 Å². The van der Waals surface area contributed by atoms with Crippen LogP contribution in [-0.4, -0.2) is 8.42 Å². The average Bonchev–Trinajstić information content (AvgIpc) is 1.96. The number of hydrogen-bond acceptors (Lipinski definition) is 2. The van der Waals surface area contributed by atoms with Gasteiger partial charge in [0.2, 0.25) is 9.05 Å². The molecule has 0 bridgehead atoms. The highest BCUT2D eigenvalue weighted by atomic mass is 35.7. The molecule has 0 aliphatic rings. The lowest BCUT2D eigenvalue weighted by atomic mass is 10.1. The van der Waals surface area contributed by atoms with Crippen LogP contribution in [0.2, 0.25) is 0 Å². The zero-order valence-corrected chi connectivity index (χ0v) is 9.41. The van der Waals surface area contributed by atoms with Crippen LogP contribution >= 0.6 is 10.7 Å². The SMILES string of the molecule is Cc1cc(CS(=O)(=O)Cl)cc(F)c1C. The second-order valence-corrected chi connectivity index (χ2v) is 5.98. The maximum atomic E-state index is 13.2. The molecule has 5 heteroatoms. The number of aryl methyl sites for hydroxylation is 1. The van der Waals surface area contributed by atoms with E-state index in [1.807, 2.05) is 0 Å². The highest BCUT2D eigenvalue weighted by Gasteiger charge is 2.10. The van der Waals surface area contributed by atoms with E-state index in [1.54, 1.807) is 19.9 Å². The molecule has 0 aliphatic heterocycles. The summed E-state index contributed by atoms with van der Waals surface area (Å²) in [6, 6.07) is 2.82. The minimum atomic E-state index is -3.62. The first-order chi connectivity index (χ1) is 6.29. The largest absolute Gasteiger partial charge is 0.236 e. The smallest absolute Gasteiger partial charge is 0.212 e. The first-order valence-corrected chi connectivity index (χ1v) is 6.45. The van der Waals surface area contributed by atoms with E-state index < -0.39 is 14.9 Å². The molecule has 0 fully saturated rings. The van der Waals surface area contributed by atoms with Crippen LogP contribution in [0.15, 0.2) is 12.1 Å². The van der Waals surface area contributed by atoms with Crippen LogP contribution < -0.4 is 0 Å². The maximum Gasteiger partial charge on any atom is 0.236 e. The van der Waals surface area contributed by atoms with E-state index in [-0.39, 0.29) is 5.75 Å². The summed E-state index contributed by atoms with van der Waals surface area (Å²) < 4.78 is 34.7. The molecule has 0 heterocycles. The number of hydrogen-bond donors (Lipinski definition) is 0. The maximum absolute atomic E-state index is 13.2. The van der Waals surface area contributed by atoms with E-state index in [1.165, 1.54) is 6.07 Å². The van der Waals surface area contributed by atoms with Gasteiger partial charge in [-0.2, -0.15) is 0 Å². The fourth-order valence-corrected chi connectivity index (χ4v) is 2.11. The number of rotatable bonds is 2. The number of halogens is 2. The monoisotopic (exact) mass is 236 g/mol.